The number of amides is 4. The number of nitrogens with zero attached hydrogens (tertiary/aromatic N) is 2. The van der Waals surface area contributed by atoms with Crippen molar-refractivity contribution in [1.82, 2.24) is 14.9 Å². The first-order valence-corrected chi connectivity index (χ1v) is 8.83. The molecule has 0 saturated carbocycles. The fourth-order valence-electron chi connectivity index (χ4n) is 2.46. The Kier molecular flexibility index (Phi) is 8.84. The predicted octanol–water partition coefficient (Wildman–Crippen LogP) is 2.53. The number of primary amides is 2. The smallest absolute Gasteiger partial charge is 0.416 e. The maximum absolute atomic E-state index is 12.6. The number of hydrogen-bond acceptors (Lipinski definition) is 4. The third-order valence-corrected chi connectivity index (χ3v) is 3.75. The number of nitrogens with two attached hydrogens (primary N) is 2. The molecular formula is C18H23F3N6O4. The SMILES string of the molecule is CC(C)[C@H](NC(=O)Nc1ccc(C(F)(F)F)cc1)c1nccn1CC(=O)O.NC(N)=O. The summed E-state index contributed by atoms with van der Waals surface area (Å²) in [6.07, 6.45) is -1.53. The number of carbonyl (C=O) groups excluding carboxylic acids is 2. The van der Waals surface area contributed by atoms with Crippen LogP contribution in [0.4, 0.5) is 28.4 Å². The predicted molar refractivity (Wildman–Crippen MR) is 105 cm³/mol. The molecule has 2 rings (SSSR count). The van der Waals surface area contributed by atoms with Crippen molar-refractivity contribution in [3.05, 3.63) is 48.0 Å². The lowest BCUT2D eigenvalue weighted by Crippen LogP contribution is -2.37. The Morgan fingerprint density at radius 1 is 1.16 bits per heavy atom. The number of alkyl halides is 3. The minimum atomic E-state index is -4.45. The fourth-order valence-corrected chi connectivity index (χ4v) is 2.46. The van der Waals surface area contributed by atoms with E-state index in [0.29, 0.717) is 5.82 Å². The number of carboxylic acids is 1. The highest BCUT2D eigenvalue weighted by Crippen LogP contribution is 2.29. The maximum Gasteiger partial charge on any atom is 0.416 e. The van der Waals surface area contributed by atoms with Gasteiger partial charge in [0.15, 0.2) is 0 Å². The van der Waals surface area contributed by atoms with Gasteiger partial charge in [-0.1, -0.05) is 13.8 Å². The van der Waals surface area contributed by atoms with Gasteiger partial charge in [-0.25, -0.2) is 14.6 Å². The van der Waals surface area contributed by atoms with E-state index < -0.39 is 35.8 Å². The Bertz CT molecular complexity index is 892. The highest BCUT2D eigenvalue weighted by Gasteiger charge is 2.30. The second kappa shape index (κ2) is 10.8. The van der Waals surface area contributed by atoms with E-state index in [2.05, 4.69) is 27.1 Å². The molecule has 0 bridgehead atoms. The number of halogens is 3. The van der Waals surface area contributed by atoms with Crippen molar-refractivity contribution >= 4 is 23.7 Å². The molecular weight excluding hydrogens is 421 g/mol. The summed E-state index contributed by atoms with van der Waals surface area (Å²) in [7, 11) is 0. The Hall–Kier alpha value is -3.77. The van der Waals surface area contributed by atoms with Crippen molar-refractivity contribution in [2.45, 2.75) is 32.6 Å². The molecule has 7 N–H and O–H groups in total. The van der Waals surface area contributed by atoms with Crippen molar-refractivity contribution in [3.8, 4) is 0 Å². The van der Waals surface area contributed by atoms with Crippen LogP contribution < -0.4 is 22.1 Å². The van der Waals surface area contributed by atoms with Gasteiger partial charge < -0.3 is 31.8 Å². The Morgan fingerprint density at radius 2 is 1.71 bits per heavy atom. The van der Waals surface area contributed by atoms with E-state index in [4.69, 9.17) is 9.90 Å². The standard InChI is InChI=1S/C17H19F3N4O3.CH4N2O/c1-10(2)14(15-21-7-8-24(15)9-13(25)26)23-16(27)22-12-5-3-11(4-6-12)17(18,19)20;2-1(3)4/h3-8,10,14H,9H2,1-2H3,(H,25,26)(H2,22,23,27);(H4,2,3,4)/t14-;/m0./s1. The lowest BCUT2D eigenvalue weighted by molar-refractivity contribution is -0.138. The van der Waals surface area contributed by atoms with E-state index in [1.54, 1.807) is 0 Å². The van der Waals surface area contributed by atoms with Crippen LogP contribution >= 0.6 is 0 Å². The van der Waals surface area contributed by atoms with Crippen LogP contribution in [0.5, 0.6) is 0 Å². The summed E-state index contributed by atoms with van der Waals surface area (Å²) >= 11 is 0. The zero-order chi connectivity index (χ0) is 23.8. The molecule has 1 aromatic carbocycles. The van der Waals surface area contributed by atoms with Crippen LogP contribution in [0.2, 0.25) is 0 Å². The number of benzene rings is 1. The largest absolute Gasteiger partial charge is 0.480 e. The minimum absolute atomic E-state index is 0.113. The molecule has 13 heteroatoms. The number of nitrogens with one attached hydrogen (secondary N) is 2. The molecule has 0 aliphatic heterocycles. The minimum Gasteiger partial charge on any atom is -0.480 e. The van der Waals surface area contributed by atoms with Crippen LogP contribution in [-0.2, 0) is 17.5 Å². The molecule has 1 aromatic heterocycles. The van der Waals surface area contributed by atoms with Gasteiger partial charge in [0.2, 0.25) is 0 Å². The molecule has 0 spiro atoms. The van der Waals surface area contributed by atoms with Gasteiger partial charge in [0.1, 0.15) is 12.4 Å². The normalized spacial score (nSPS) is 11.8. The molecule has 2 aromatic rings. The lowest BCUT2D eigenvalue weighted by atomic mass is 10.0. The number of carbonyl (C=O) groups is 3. The van der Waals surface area contributed by atoms with Crippen molar-refractivity contribution in [2.24, 2.45) is 17.4 Å². The number of urea groups is 2. The lowest BCUT2D eigenvalue weighted by Gasteiger charge is -2.23. The molecule has 0 aliphatic carbocycles. The zero-order valence-electron chi connectivity index (χ0n) is 16.7. The summed E-state index contributed by atoms with van der Waals surface area (Å²) in [6, 6.07) is 1.98. The van der Waals surface area contributed by atoms with E-state index >= 15 is 0 Å². The van der Waals surface area contributed by atoms with Crippen molar-refractivity contribution in [2.75, 3.05) is 5.32 Å². The van der Waals surface area contributed by atoms with E-state index in [1.165, 1.54) is 17.0 Å². The second-order valence-corrected chi connectivity index (χ2v) is 6.60. The third-order valence-electron chi connectivity index (χ3n) is 3.75. The van der Waals surface area contributed by atoms with Gasteiger partial charge in [0, 0.05) is 18.1 Å². The van der Waals surface area contributed by atoms with Crippen LogP contribution in [0.3, 0.4) is 0 Å². The first-order chi connectivity index (χ1) is 14.3. The summed E-state index contributed by atoms with van der Waals surface area (Å²) < 4.78 is 39.1. The van der Waals surface area contributed by atoms with Gasteiger partial charge >= 0.3 is 24.2 Å². The number of aliphatic carboxylic acids is 1. The molecule has 0 aliphatic rings. The molecule has 0 radical (unpaired) electrons. The van der Waals surface area contributed by atoms with Gasteiger partial charge in [0.05, 0.1) is 11.6 Å². The summed E-state index contributed by atoms with van der Waals surface area (Å²) in [5, 5.41) is 14.1. The van der Waals surface area contributed by atoms with Crippen LogP contribution in [0.25, 0.3) is 0 Å². The molecule has 0 unspecified atom stereocenters. The summed E-state index contributed by atoms with van der Waals surface area (Å²) in [5.74, 6) is -0.792. The average molecular weight is 444 g/mol. The number of hydrogen-bond donors (Lipinski definition) is 5. The second-order valence-electron chi connectivity index (χ2n) is 6.60. The maximum atomic E-state index is 12.6. The fraction of sp³-hybridized carbons (Fsp3) is 0.333. The van der Waals surface area contributed by atoms with Gasteiger partial charge in [0.25, 0.3) is 0 Å². The summed E-state index contributed by atoms with van der Waals surface area (Å²) in [5.41, 5.74) is 7.88. The molecule has 170 valence electrons. The summed E-state index contributed by atoms with van der Waals surface area (Å²) in [4.78, 5) is 36.3. The monoisotopic (exact) mass is 444 g/mol. The van der Waals surface area contributed by atoms with Gasteiger partial charge in [-0.15, -0.1) is 0 Å². The number of rotatable bonds is 6. The van der Waals surface area contributed by atoms with Crippen molar-refractivity contribution in [1.29, 1.82) is 0 Å². The van der Waals surface area contributed by atoms with Gasteiger partial charge in [-0.3, -0.25) is 4.79 Å². The quantitative estimate of drug-likeness (QED) is 0.461. The topological polar surface area (TPSA) is 165 Å². The Balaban J connectivity index is 0.00000110. The van der Waals surface area contributed by atoms with E-state index in [-0.39, 0.29) is 18.2 Å². The highest BCUT2D eigenvalue weighted by atomic mass is 19.4. The van der Waals surface area contributed by atoms with Crippen molar-refractivity contribution < 1.29 is 32.7 Å². The zero-order valence-corrected chi connectivity index (χ0v) is 16.7. The summed E-state index contributed by atoms with van der Waals surface area (Å²) in [6.45, 7) is 3.34. The Labute approximate surface area is 175 Å². The highest BCUT2D eigenvalue weighted by molar-refractivity contribution is 5.89. The number of aromatic nitrogens is 2. The van der Waals surface area contributed by atoms with Crippen LogP contribution in [0, 0.1) is 5.92 Å². The molecule has 1 heterocycles. The number of anilines is 1. The first kappa shape index (κ1) is 25.3. The first-order valence-electron chi connectivity index (χ1n) is 8.83. The molecule has 4 amide bonds. The molecule has 1 atom stereocenters. The van der Waals surface area contributed by atoms with E-state index in [9.17, 15) is 22.8 Å². The Morgan fingerprint density at radius 3 is 2.16 bits per heavy atom. The third kappa shape index (κ3) is 8.64. The average Bonchev–Trinajstić information content (AvgIpc) is 3.05. The number of carboxylic acid groups (broad SMARTS) is 1. The van der Waals surface area contributed by atoms with Gasteiger partial charge in [-0.05, 0) is 30.2 Å². The molecule has 10 nitrogen and oxygen atoms in total. The van der Waals surface area contributed by atoms with Gasteiger partial charge in [-0.2, -0.15) is 13.2 Å². The van der Waals surface area contributed by atoms with E-state index in [0.717, 1.165) is 24.3 Å². The van der Waals surface area contributed by atoms with Crippen LogP contribution in [0.15, 0.2) is 36.7 Å². The van der Waals surface area contributed by atoms with Crippen LogP contribution in [0.1, 0.15) is 31.3 Å². The van der Waals surface area contributed by atoms with Crippen molar-refractivity contribution in [3.63, 3.8) is 0 Å². The van der Waals surface area contributed by atoms with Crippen LogP contribution in [-0.4, -0.2) is 32.7 Å². The molecule has 0 fully saturated rings. The molecule has 0 saturated heterocycles. The number of imidazole rings is 1. The molecule has 31 heavy (non-hydrogen) atoms. The van der Waals surface area contributed by atoms with E-state index in [1.807, 2.05) is 13.8 Å².